The molecule has 0 spiro atoms. The fraction of sp³-hybridized carbons (Fsp3) is 1.00. The monoisotopic (exact) mass is 227 g/mol. The number of nitrogens with zero attached hydrogens (tertiary/aromatic N) is 1. The topological polar surface area (TPSA) is 15.8 Å². The van der Waals surface area contributed by atoms with Crippen molar-refractivity contribution in [3.63, 3.8) is 0 Å². The summed E-state index contributed by atoms with van der Waals surface area (Å²) in [5.41, 5.74) is 0. The first-order valence-corrected chi connectivity index (χ1v) is 7.07. The molecule has 1 saturated heterocycles. The van der Waals surface area contributed by atoms with E-state index in [1.807, 2.05) is 0 Å². The van der Waals surface area contributed by atoms with Crippen LogP contribution in [0, 0.1) is 0 Å². The van der Waals surface area contributed by atoms with E-state index in [0.717, 1.165) is 0 Å². The van der Waals surface area contributed by atoms with Crippen molar-refractivity contribution in [1.82, 2.24) is 4.90 Å². The lowest BCUT2D eigenvalue weighted by atomic mass is 10.1. The molecule has 0 amide bonds. The number of hydrogen-bond donors (Lipinski definition) is 0. The third-order valence-electron chi connectivity index (χ3n) is 3.41. The van der Waals surface area contributed by atoms with Crippen LogP contribution in [0.2, 0.25) is 0 Å². The Morgan fingerprint density at radius 3 is 1.94 bits per heavy atom. The summed E-state index contributed by atoms with van der Waals surface area (Å²) in [7, 11) is 4.19. The van der Waals surface area contributed by atoms with Gasteiger partial charge in [-0.3, -0.25) is 4.90 Å². The summed E-state index contributed by atoms with van der Waals surface area (Å²) in [6, 6.07) is 0. The van der Waals surface area contributed by atoms with Crippen molar-refractivity contribution >= 4 is 0 Å². The molecule has 0 aromatic heterocycles. The van der Waals surface area contributed by atoms with E-state index in [1.165, 1.54) is 57.8 Å². The van der Waals surface area contributed by atoms with Gasteiger partial charge in [0.25, 0.3) is 0 Å². The summed E-state index contributed by atoms with van der Waals surface area (Å²) in [6.07, 6.45) is 13.5. The van der Waals surface area contributed by atoms with E-state index >= 15 is 0 Å². The van der Waals surface area contributed by atoms with Gasteiger partial charge in [-0.15, -0.1) is 0 Å². The summed E-state index contributed by atoms with van der Waals surface area (Å²) in [6.45, 7) is 2.27. The summed E-state index contributed by atoms with van der Waals surface area (Å²) < 4.78 is 5.56. The van der Waals surface area contributed by atoms with Crippen molar-refractivity contribution in [2.24, 2.45) is 0 Å². The normalized spacial score (nSPS) is 24.0. The fourth-order valence-electron chi connectivity index (χ4n) is 2.28. The summed E-state index contributed by atoms with van der Waals surface area (Å²) in [4.78, 5) is 2.18. The number of hydrogen-bond acceptors (Lipinski definition) is 2. The molecule has 0 aromatic rings. The zero-order valence-corrected chi connectivity index (χ0v) is 11.4. The van der Waals surface area contributed by atoms with Crippen molar-refractivity contribution in [3.05, 3.63) is 0 Å². The van der Waals surface area contributed by atoms with Crippen LogP contribution in [0.5, 0.6) is 0 Å². The third kappa shape index (κ3) is 5.86. The van der Waals surface area contributed by atoms with Crippen LogP contribution in [0.1, 0.15) is 64.7 Å². The second kappa shape index (κ2) is 8.08. The van der Waals surface area contributed by atoms with E-state index in [1.54, 1.807) is 0 Å². The lowest BCUT2D eigenvalue weighted by Crippen LogP contribution is -2.17. The smallest absolute Gasteiger partial charge is 0.137 e. The SMILES string of the molecule is CCCCCCCCCCC1OC1N(C)C. The first-order chi connectivity index (χ1) is 7.75. The van der Waals surface area contributed by atoms with Gasteiger partial charge in [-0.2, -0.15) is 0 Å². The lowest BCUT2D eigenvalue weighted by Gasteiger charge is -2.04. The first-order valence-electron chi connectivity index (χ1n) is 7.07. The average Bonchev–Trinajstić information content (AvgIpc) is 3.01. The maximum absolute atomic E-state index is 5.56. The van der Waals surface area contributed by atoms with Gasteiger partial charge in [-0.1, -0.05) is 58.3 Å². The summed E-state index contributed by atoms with van der Waals surface area (Å²) in [5, 5.41) is 0. The number of epoxide rings is 1. The minimum Gasteiger partial charge on any atom is -0.353 e. The molecule has 1 heterocycles. The average molecular weight is 227 g/mol. The molecule has 1 aliphatic heterocycles. The molecule has 16 heavy (non-hydrogen) atoms. The molecule has 0 radical (unpaired) electrons. The van der Waals surface area contributed by atoms with Crippen LogP contribution in [0.3, 0.4) is 0 Å². The number of unbranched alkanes of at least 4 members (excludes halogenated alkanes) is 7. The number of rotatable bonds is 10. The van der Waals surface area contributed by atoms with E-state index in [4.69, 9.17) is 4.74 Å². The van der Waals surface area contributed by atoms with E-state index in [2.05, 4.69) is 25.9 Å². The second-order valence-electron chi connectivity index (χ2n) is 5.29. The lowest BCUT2D eigenvalue weighted by molar-refractivity contribution is 0.243. The van der Waals surface area contributed by atoms with Crippen LogP contribution in [0.15, 0.2) is 0 Å². The van der Waals surface area contributed by atoms with Crippen LogP contribution < -0.4 is 0 Å². The molecule has 2 unspecified atom stereocenters. The standard InChI is InChI=1S/C14H29NO/c1-4-5-6-7-8-9-10-11-12-13-14(16-13)15(2)3/h13-14H,4-12H2,1-3H3. The van der Waals surface area contributed by atoms with Gasteiger partial charge in [0.2, 0.25) is 0 Å². The van der Waals surface area contributed by atoms with Crippen LogP contribution in [0.25, 0.3) is 0 Å². The second-order valence-corrected chi connectivity index (χ2v) is 5.29. The molecule has 1 rings (SSSR count). The Kier molecular flexibility index (Phi) is 7.06. The molecule has 0 aromatic carbocycles. The highest BCUT2D eigenvalue weighted by Crippen LogP contribution is 2.28. The molecule has 0 N–H and O–H groups in total. The number of ether oxygens (including phenoxy) is 1. The highest BCUT2D eigenvalue weighted by molar-refractivity contribution is 4.81. The van der Waals surface area contributed by atoms with Gasteiger partial charge in [-0.25, -0.2) is 0 Å². The predicted molar refractivity (Wildman–Crippen MR) is 69.6 cm³/mol. The highest BCUT2D eigenvalue weighted by atomic mass is 16.6. The van der Waals surface area contributed by atoms with E-state index in [-0.39, 0.29) is 0 Å². The van der Waals surface area contributed by atoms with Crippen LogP contribution in [0.4, 0.5) is 0 Å². The van der Waals surface area contributed by atoms with Gasteiger partial charge < -0.3 is 4.74 Å². The maximum Gasteiger partial charge on any atom is 0.137 e. The van der Waals surface area contributed by atoms with Gasteiger partial charge in [0.05, 0.1) is 6.10 Å². The van der Waals surface area contributed by atoms with Gasteiger partial charge >= 0.3 is 0 Å². The molecule has 0 aliphatic carbocycles. The zero-order chi connectivity index (χ0) is 11.8. The molecule has 2 nitrogen and oxygen atoms in total. The Balaban J connectivity index is 1.76. The Labute approximate surface area is 101 Å². The molecule has 1 fully saturated rings. The van der Waals surface area contributed by atoms with E-state index < -0.39 is 0 Å². The third-order valence-corrected chi connectivity index (χ3v) is 3.41. The van der Waals surface area contributed by atoms with Crippen molar-refractivity contribution in [2.75, 3.05) is 14.1 Å². The molecule has 2 heteroatoms. The Hall–Kier alpha value is -0.0800. The van der Waals surface area contributed by atoms with Gasteiger partial charge in [-0.05, 0) is 20.5 Å². The van der Waals surface area contributed by atoms with Crippen molar-refractivity contribution in [1.29, 1.82) is 0 Å². The molecular formula is C14H29NO. The van der Waals surface area contributed by atoms with Gasteiger partial charge in [0.15, 0.2) is 0 Å². The van der Waals surface area contributed by atoms with Crippen LogP contribution >= 0.6 is 0 Å². The molecule has 0 bridgehead atoms. The fourth-order valence-corrected chi connectivity index (χ4v) is 2.28. The quantitative estimate of drug-likeness (QED) is 0.417. The molecule has 2 atom stereocenters. The minimum atomic E-state index is 0.421. The minimum absolute atomic E-state index is 0.421. The van der Waals surface area contributed by atoms with Gasteiger partial charge in [0.1, 0.15) is 6.23 Å². The molecule has 1 aliphatic rings. The first kappa shape index (κ1) is 14.0. The van der Waals surface area contributed by atoms with E-state index in [0.29, 0.717) is 12.3 Å². The van der Waals surface area contributed by atoms with Crippen molar-refractivity contribution in [2.45, 2.75) is 77.0 Å². The Morgan fingerprint density at radius 1 is 0.875 bits per heavy atom. The zero-order valence-electron chi connectivity index (χ0n) is 11.4. The van der Waals surface area contributed by atoms with Crippen molar-refractivity contribution < 1.29 is 4.74 Å². The van der Waals surface area contributed by atoms with Crippen LogP contribution in [-0.2, 0) is 4.74 Å². The number of likely N-dealkylation sites (N-methyl/N-ethyl adjacent to an activating group) is 1. The van der Waals surface area contributed by atoms with Crippen molar-refractivity contribution in [3.8, 4) is 0 Å². The highest BCUT2D eigenvalue weighted by Gasteiger charge is 2.39. The maximum atomic E-state index is 5.56. The molecule has 0 saturated carbocycles. The predicted octanol–water partition coefficient (Wildman–Crippen LogP) is 3.80. The van der Waals surface area contributed by atoms with Gasteiger partial charge in [0, 0.05) is 0 Å². The largest absolute Gasteiger partial charge is 0.353 e. The summed E-state index contributed by atoms with van der Waals surface area (Å²) in [5.74, 6) is 0. The Bertz CT molecular complexity index is 170. The summed E-state index contributed by atoms with van der Waals surface area (Å²) >= 11 is 0. The van der Waals surface area contributed by atoms with Crippen LogP contribution in [-0.4, -0.2) is 31.3 Å². The molecule has 96 valence electrons. The van der Waals surface area contributed by atoms with E-state index in [9.17, 15) is 0 Å². The Morgan fingerprint density at radius 2 is 1.44 bits per heavy atom. The molecular weight excluding hydrogens is 198 g/mol.